The molecular weight excluding hydrogens is 322 g/mol. The molecular formula is C19H14ClN3O. The average Bonchev–Trinajstić information content (AvgIpc) is 2.90. The lowest BCUT2D eigenvalue weighted by Gasteiger charge is -2.04. The van der Waals surface area contributed by atoms with Crippen molar-refractivity contribution in [3.05, 3.63) is 70.4 Å². The zero-order valence-electron chi connectivity index (χ0n) is 12.9. The van der Waals surface area contributed by atoms with Crippen LogP contribution in [0.25, 0.3) is 17.0 Å². The third-order valence-corrected chi connectivity index (χ3v) is 3.95. The van der Waals surface area contributed by atoms with Crippen LogP contribution in [0, 0.1) is 18.3 Å². The molecule has 0 radical (unpaired) electrons. The van der Waals surface area contributed by atoms with Crippen molar-refractivity contribution in [1.29, 1.82) is 5.26 Å². The standard InChI is InChI=1S/C19H14ClN3O/c1-12-17(16-4-2-3-5-18(16)22-12)10-13(11-21)19(24)23-15-8-6-14(20)7-9-15/h2-10,22H,1H3,(H,23,24)/b13-10+. The zero-order chi connectivity index (χ0) is 17.1. The van der Waals surface area contributed by atoms with Crippen LogP contribution in [0.3, 0.4) is 0 Å². The summed E-state index contributed by atoms with van der Waals surface area (Å²) in [7, 11) is 0. The predicted molar refractivity (Wildman–Crippen MR) is 96.7 cm³/mol. The van der Waals surface area contributed by atoms with Gasteiger partial charge >= 0.3 is 0 Å². The quantitative estimate of drug-likeness (QED) is 0.539. The van der Waals surface area contributed by atoms with Crippen molar-refractivity contribution in [3.8, 4) is 6.07 Å². The molecule has 3 rings (SSSR count). The van der Waals surface area contributed by atoms with Crippen LogP contribution in [-0.4, -0.2) is 10.9 Å². The molecule has 0 aliphatic heterocycles. The Morgan fingerprint density at radius 1 is 1.21 bits per heavy atom. The van der Waals surface area contributed by atoms with Gasteiger partial charge in [-0.3, -0.25) is 4.79 Å². The molecule has 2 aromatic carbocycles. The molecule has 5 heteroatoms. The van der Waals surface area contributed by atoms with E-state index in [1.165, 1.54) is 0 Å². The monoisotopic (exact) mass is 335 g/mol. The van der Waals surface area contributed by atoms with Gasteiger partial charge < -0.3 is 10.3 Å². The third-order valence-electron chi connectivity index (χ3n) is 3.70. The first-order valence-electron chi connectivity index (χ1n) is 7.34. The van der Waals surface area contributed by atoms with E-state index in [2.05, 4.69) is 10.3 Å². The Kier molecular flexibility index (Phi) is 4.37. The Balaban J connectivity index is 1.94. The Morgan fingerprint density at radius 2 is 1.92 bits per heavy atom. The Labute approximate surface area is 144 Å². The Morgan fingerprint density at radius 3 is 2.62 bits per heavy atom. The summed E-state index contributed by atoms with van der Waals surface area (Å²) >= 11 is 5.83. The molecule has 0 unspecified atom stereocenters. The maximum atomic E-state index is 12.4. The fraction of sp³-hybridized carbons (Fsp3) is 0.0526. The van der Waals surface area contributed by atoms with E-state index in [1.807, 2.05) is 37.3 Å². The van der Waals surface area contributed by atoms with Gasteiger partial charge in [0, 0.05) is 32.9 Å². The number of amides is 1. The van der Waals surface area contributed by atoms with Gasteiger partial charge in [0.05, 0.1) is 0 Å². The van der Waals surface area contributed by atoms with Crippen LogP contribution in [0.2, 0.25) is 5.02 Å². The van der Waals surface area contributed by atoms with Crippen molar-refractivity contribution in [1.82, 2.24) is 4.98 Å². The van der Waals surface area contributed by atoms with E-state index in [0.717, 1.165) is 22.2 Å². The molecule has 1 heterocycles. The first-order chi connectivity index (χ1) is 11.6. The fourth-order valence-electron chi connectivity index (χ4n) is 2.51. The Hall–Kier alpha value is -3.03. The summed E-state index contributed by atoms with van der Waals surface area (Å²) in [5.74, 6) is -0.454. The minimum Gasteiger partial charge on any atom is -0.358 e. The molecule has 2 N–H and O–H groups in total. The van der Waals surface area contributed by atoms with Gasteiger partial charge in [0.2, 0.25) is 0 Å². The van der Waals surface area contributed by atoms with Crippen LogP contribution >= 0.6 is 11.6 Å². The number of fused-ring (bicyclic) bond motifs is 1. The summed E-state index contributed by atoms with van der Waals surface area (Å²) in [6, 6.07) is 16.5. The van der Waals surface area contributed by atoms with Gasteiger partial charge in [-0.15, -0.1) is 0 Å². The highest BCUT2D eigenvalue weighted by Crippen LogP contribution is 2.24. The number of carbonyl (C=O) groups is 1. The van der Waals surface area contributed by atoms with Gasteiger partial charge in [-0.2, -0.15) is 5.26 Å². The number of aromatic amines is 1. The number of nitrogens with one attached hydrogen (secondary N) is 2. The lowest BCUT2D eigenvalue weighted by molar-refractivity contribution is -0.112. The lowest BCUT2D eigenvalue weighted by Crippen LogP contribution is -2.13. The van der Waals surface area contributed by atoms with Crippen LogP contribution in [-0.2, 0) is 4.79 Å². The number of nitrogens with zero attached hydrogens (tertiary/aromatic N) is 1. The second-order valence-corrected chi connectivity index (χ2v) is 5.78. The molecule has 1 aromatic heterocycles. The van der Waals surface area contributed by atoms with Gasteiger partial charge in [-0.05, 0) is 43.3 Å². The van der Waals surface area contributed by atoms with E-state index in [9.17, 15) is 10.1 Å². The first-order valence-corrected chi connectivity index (χ1v) is 7.72. The summed E-state index contributed by atoms with van der Waals surface area (Å²) < 4.78 is 0. The van der Waals surface area contributed by atoms with Crippen LogP contribution in [0.4, 0.5) is 5.69 Å². The molecule has 0 spiro atoms. The average molecular weight is 336 g/mol. The van der Waals surface area contributed by atoms with Crippen LogP contribution < -0.4 is 5.32 Å². The summed E-state index contributed by atoms with van der Waals surface area (Å²) in [5, 5.41) is 13.6. The number of H-pyrrole nitrogens is 1. The van der Waals surface area contributed by atoms with Crippen molar-refractivity contribution < 1.29 is 4.79 Å². The lowest BCUT2D eigenvalue weighted by atomic mass is 10.1. The first kappa shape index (κ1) is 15.9. The summed E-state index contributed by atoms with van der Waals surface area (Å²) in [6.07, 6.45) is 1.61. The molecule has 24 heavy (non-hydrogen) atoms. The second kappa shape index (κ2) is 6.61. The third kappa shape index (κ3) is 3.17. The van der Waals surface area contributed by atoms with Crippen molar-refractivity contribution >= 4 is 40.2 Å². The number of halogens is 1. The van der Waals surface area contributed by atoms with E-state index < -0.39 is 5.91 Å². The highest BCUT2D eigenvalue weighted by molar-refractivity contribution is 6.30. The van der Waals surface area contributed by atoms with Crippen molar-refractivity contribution in [3.63, 3.8) is 0 Å². The number of aryl methyl sites for hydroxylation is 1. The number of benzene rings is 2. The van der Waals surface area contributed by atoms with E-state index >= 15 is 0 Å². The maximum absolute atomic E-state index is 12.4. The molecule has 1 amide bonds. The summed E-state index contributed by atoms with van der Waals surface area (Å²) in [5.41, 5.74) is 3.34. The van der Waals surface area contributed by atoms with E-state index in [-0.39, 0.29) is 5.57 Å². The number of carbonyl (C=O) groups excluding carboxylic acids is 1. The normalized spacial score (nSPS) is 11.3. The van der Waals surface area contributed by atoms with Crippen molar-refractivity contribution in [2.24, 2.45) is 0 Å². The molecule has 0 fully saturated rings. The van der Waals surface area contributed by atoms with Gasteiger partial charge in [0.25, 0.3) is 5.91 Å². The number of anilines is 1. The highest BCUT2D eigenvalue weighted by Gasteiger charge is 2.13. The minimum absolute atomic E-state index is 0.0396. The van der Waals surface area contributed by atoms with Crippen LogP contribution in [0.1, 0.15) is 11.3 Å². The number of para-hydroxylation sites is 1. The van der Waals surface area contributed by atoms with Crippen LogP contribution in [0.15, 0.2) is 54.1 Å². The molecule has 0 saturated carbocycles. The number of rotatable bonds is 3. The van der Waals surface area contributed by atoms with Crippen molar-refractivity contribution in [2.75, 3.05) is 5.32 Å². The predicted octanol–water partition coefficient (Wildman–Crippen LogP) is 4.68. The topological polar surface area (TPSA) is 68.7 Å². The number of nitriles is 1. The zero-order valence-corrected chi connectivity index (χ0v) is 13.7. The molecule has 0 saturated heterocycles. The summed E-state index contributed by atoms with van der Waals surface area (Å²) in [4.78, 5) is 15.6. The Bertz CT molecular complexity index is 978. The molecule has 4 nitrogen and oxygen atoms in total. The van der Waals surface area contributed by atoms with E-state index in [1.54, 1.807) is 30.3 Å². The van der Waals surface area contributed by atoms with Gasteiger partial charge in [-0.1, -0.05) is 29.8 Å². The number of hydrogen-bond acceptors (Lipinski definition) is 2. The van der Waals surface area contributed by atoms with Crippen LogP contribution in [0.5, 0.6) is 0 Å². The molecule has 0 atom stereocenters. The SMILES string of the molecule is Cc1[nH]c2ccccc2c1/C=C(\C#N)C(=O)Nc1ccc(Cl)cc1. The van der Waals surface area contributed by atoms with Gasteiger partial charge in [-0.25, -0.2) is 0 Å². The second-order valence-electron chi connectivity index (χ2n) is 5.34. The van der Waals surface area contributed by atoms with E-state index in [0.29, 0.717) is 10.7 Å². The maximum Gasteiger partial charge on any atom is 0.266 e. The number of hydrogen-bond donors (Lipinski definition) is 2. The molecule has 118 valence electrons. The minimum atomic E-state index is -0.454. The molecule has 0 bridgehead atoms. The molecule has 3 aromatic rings. The molecule has 0 aliphatic rings. The number of aromatic nitrogens is 1. The van der Waals surface area contributed by atoms with Crippen molar-refractivity contribution in [2.45, 2.75) is 6.92 Å². The fourth-order valence-corrected chi connectivity index (χ4v) is 2.63. The summed E-state index contributed by atoms with van der Waals surface area (Å²) in [6.45, 7) is 1.91. The smallest absolute Gasteiger partial charge is 0.266 e. The van der Waals surface area contributed by atoms with E-state index in [4.69, 9.17) is 11.6 Å². The largest absolute Gasteiger partial charge is 0.358 e. The highest BCUT2D eigenvalue weighted by atomic mass is 35.5. The molecule has 0 aliphatic carbocycles. The van der Waals surface area contributed by atoms with Gasteiger partial charge in [0.15, 0.2) is 0 Å². The van der Waals surface area contributed by atoms with Gasteiger partial charge in [0.1, 0.15) is 11.6 Å².